The first-order valence-corrected chi connectivity index (χ1v) is 39.1. The molecule has 0 saturated carbocycles. The molecule has 0 fully saturated rings. The lowest BCUT2D eigenvalue weighted by Gasteiger charge is -2.27. The summed E-state index contributed by atoms with van der Waals surface area (Å²) in [5.74, 6) is 0. The van der Waals surface area contributed by atoms with Gasteiger partial charge in [-0.3, -0.25) is 14.1 Å². The highest BCUT2D eigenvalue weighted by Gasteiger charge is 2.21. The van der Waals surface area contributed by atoms with Gasteiger partial charge in [-0.15, -0.1) is 0 Å². The van der Waals surface area contributed by atoms with Crippen LogP contribution in [0.15, 0.2) is 394 Å². The lowest BCUT2D eigenvalue weighted by molar-refractivity contribution is 0.112. The number of aldehydes is 1. The number of anilines is 6. The fourth-order valence-corrected chi connectivity index (χ4v) is 15.7. The molecule has 18 rings (SSSR count). The summed E-state index contributed by atoms with van der Waals surface area (Å²) in [4.78, 5) is 15.5. The van der Waals surface area contributed by atoms with Crippen LogP contribution in [0.4, 0.5) is 38.8 Å². The van der Waals surface area contributed by atoms with Crippen LogP contribution in [0.2, 0.25) is 0 Å². The van der Waals surface area contributed by atoms with Gasteiger partial charge in [0, 0.05) is 45.2 Å². The van der Waals surface area contributed by atoms with E-state index in [2.05, 4.69) is 368 Å². The van der Waals surface area contributed by atoms with Gasteiger partial charge in [-0.25, -0.2) is 0 Å². The van der Waals surface area contributed by atoms with Crippen LogP contribution < -0.4 is 9.80 Å². The Hall–Kier alpha value is -12.9. The predicted molar refractivity (Wildman–Crippen MR) is 470 cm³/mol. The van der Waals surface area contributed by atoms with Crippen molar-refractivity contribution in [1.82, 2.24) is 0 Å². The summed E-state index contributed by atoms with van der Waals surface area (Å²) in [6, 6.07) is 137. The highest BCUT2D eigenvalue weighted by atomic mass is 31.2. The summed E-state index contributed by atoms with van der Waals surface area (Å²) < 4.78 is 21.2. The lowest BCUT2D eigenvalue weighted by atomic mass is 9.92. The molecule has 0 radical (unpaired) electrons. The Labute approximate surface area is 643 Å². The summed E-state index contributed by atoms with van der Waals surface area (Å²) in [7, 11) is -2.70. The topological polar surface area (TPSA) is 59.1 Å². The molecule has 0 unspecified atom stereocenters. The maximum Gasteiger partial charge on any atom is 0.330 e. The monoisotopic (exact) mass is 1450 g/mol. The van der Waals surface area contributed by atoms with Gasteiger partial charge >= 0.3 is 7.60 Å². The van der Waals surface area contributed by atoms with Crippen molar-refractivity contribution in [3.05, 3.63) is 405 Å². The van der Waals surface area contributed by atoms with Crippen molar-refractivity contribution in [2.24, 2.45) is 0 Å². The first-order valence-electron chi connectivity index (χ1n) is 37.3. The molecule has 18 aromatic carbocycles. The zero-order valence-corrected chi connectivity index (χ0v) is 63.1. The maximum atomic E-state index is 11.3. The second-order valence-corrected chi connectivity index (χ2v) is 28.7. The molecule has 18 aromatic rings. The molecule has 0 aliphatic carbocycles. The number of hydrogen-bond donors (Lipinski definition) is 0. The molecule has 0 aliphatic heterocycles. The minimum absolute atomic E-state index is 0. The molecule has 0 aliphatic rings. The number of halogens is 1. The zero-order chi connectivity index (χ0) is 74.7. The first-order chi connectivity index (χ1) is 53.7. The van der Waals surface area contributed by atoms with Crippen molar-refractivity contribution in [3.8, 4) is 22.3 Å². The standard InChI is InChI=1S/C25H21N.2C24H16.C23H17NO.C6H15O3P.FH/c1-2-9-20-16-18-23(19-17-20)26(22-12-4-3-5-13-22)25-15-8-11-21-10-6-7-14-24(21)25;2*1-2-8-17(9-3-1)18-14-15-23-21-12-5-4-10-19(21)20-11-6-7-13-22(20)24(23)16-18;25-17-18-13-15-21(16-14-18)24(20-9-2-1-3-10-20)23-12-6-8-19-7-4-5-11-22(19)23;1-4-8-10(7,6-3)9-5-2;/h2-19H,1H3;2*1-16H;1-17H;4-6H2,1-3H3;1H/b9-2+;;;;;. The molecule has 0 N–H and O–H groups in total. The van der Waals surface area contributed by atoms with E-state index in [1.54, 1.807) is 20.8 Å². The Balaban J connectivity index is 0.000000123. The number of carbonyl (C=O) groups excluding carboxylic acids is 1. The second kappa shape index (κ2) is 36.1. The highest BCUT2D eigenvalue weighted by molar-refractivity contribution is 7.53. The van der Waals surface area contributed by atoms with Crippen LogP contribution in [0.5, 0.6) is 0 Å². The fraction of sp³-hybridized carbons (Fsp3) is 0.0686. The average Bonchev–Trinajstić information content (AvgIpc) is 0.711. The van der Waals surface area contributed by atoms with Crippen molar-refractivity contribution < 1.29 is 23.1 Å². The van der Waals surface area contributed by atoms with Gasteiger partial charge in [0.2, 0.25) is 0 Å². The molecule has 0 bridgehead atoms. The van der Waals surface area contributed by atoms with E-state index in [0.717, 1.165) is 34.7 Å². The third kappa shape index (κ3) is 16.9. The lowest BCUT2D eigenvalue weighted by Crippen LogP contribution is -2.10. The Kier molecular flexibility index (Phi) is 24.8. The summed E-state index contributed by atoms with van der Waals surface area (Å²) in [5, 5.41) is 20.8. The second-order valence-electron chi connectivity index (χ2n) is 26.3. The van der Waals surface area contributed by atoms with E-state index in [0.29, 0.717) is 24.9 Å². The number of nitrogens with zero attached hydrogens (tertiary/aromatic N) is 2. The van der Waals surface area contributed by atoms with Crippen molar-refractivity contribution in [2.45, 2.75) is 27.7 Å². The van der Waals surface area contributed by atoms with Crippen LogP contribution in [-0.2, 0) is 13.6 Å². The Morgan fingerprint density at radius 3 is 0.891 bits per heavy atom. The van der Waals surface area contributed by atoms with Gasteiger partial charge in [0.15, 0.2) is 0 Å². The largest absolute Gasteiger partial charge is 0.330 e. The Bertz CT molecular complexity index is 5920. The van der Waals surface area contributed by atoms with Gasteiger partial charge in [-0.2, -0.15) is 0 Å². The maximum absolute atomic E-state index is 11.3. The molecule has 0 spiro atoms. The fourth-order valence-electron chi connectivity index (χ4n) is 14.5. The number of para-hydroxylation sites is 2. The highest BCUT2D eigenvalue weighted by Crippen LogP contribution is 2.48. The minimum atomic E-state index is -2.70. The molecular weight excluding hydrogens is 1370 g/mol. The zero-order valence-electron chi connectivity index (χ0n) is 62.2. The van der Waals surface area contributed by atoms with Crippen molar-refractivity contribution in [1.29, 1.82) is 0 Å². The van der Waals surface area contributed by atoms with Crippen LogP contribution >= 0.6 is 7.60 Å². The Morgan fingerprint density at radius 1 is 0.282 bits per heavy atom. The van der Waals surface area contributed by atoms with E-state index in [1.165, 1.54) is 120 Å². The number of hydrogen-bond acceptors (Lipinski definition) is 6. The van der Waals surface area contributed by atoms with E-state index in [1.807, 2.05) is 49.4 Å². The molecule has 0 aromatic heterocycles. The van der Waals surface area contributed by atoms with Crippen molar-refractivity contribution in [3.63, 3.8) is 0 Å². The first kappa shape index (κ1) is 75.4. The van der Waals surface area contributed by atoms with E-state index < -0.39 is 7.60 Å². The average molecular weight is 1450 g/mol. The van der Waals surface area contributed by atoms with Gasteiger partial charge in [0.1, 0.15) is 6.29 Å². The van der Waals surface area contributed by atoms with Gasteiger partial charge in [0.05, 0.1) is 24.6 Å². The summed E-state index contributed by atoms with van der Waals surface area (Å²) in [6.07, 6.45) is 5.51. The van der Waals surface area contributed by atoms with E-state index >= 15 is 0 Å². The number of carbonyl (C=O) groups is 1. The van der Waals surface area contributed by atoms with Crippen LogP contribution in [0, 0.1) is 0 Å². The van der Waals surface area contributed by atoms with Gasteiger partial charge < -0.3 is 18.8 Å². The van der Waals surface area contributed by atoms with Crippen molar-refractivity contribution >= 4 is 140 Å². The van der Waals surface area contributed by atoms with Gasteiger partial charge in [-0.1, -0.05) is 322 Å². The number of benzene rings is 18. The number of allylic oxidation sites excluding steroid dienone is 1. The predicted octanol–water partition coefficient (Wildman–Crippen LogP) is 29.5. The van der Waals surface area contributed by atoms with Crippen LogP contribution in [0.1, 0.15) is 43.6 Å². The SMILES string of the molecule is C/C=C/c1ccc(N(c2ccccc2)c2cccc3ccccc23)cc1.CCOP(=O)(CC)OCC.F.O=Cc1ccc(N(c2ccccc2)c2cccc3ccccc23)cc1.c1ccc(-c2ccc3c4ccccc4c4ccccc4c3c2)cc1.c1ccc(-c2ccc3c4ccccc4c4ccccc4c3c2)cc1. The summed E-state index contributed by atoms with van der Waals surface area (Å²) >= 11 is 0. The third-order valence-corrected chi connectivity index (χ3v) is 21.7. The quantitative estimate of drug-likeness (QED) is 0.0579. The van der Waals surface area contributed by atoms with Crippen LogP contribution in [0.3, 0.4) is 0 Å². The molecule has 6 nitrogen and oxygen atoms in total. The molecule has 110 heavy (non-hydrogen) atoms. The summed E-state index contributed by atoms with van der Waals surface area (Å²) in [6.45, 7) is 8.35. The molecule has 0 heterocycles. The number of rotatable bonds is 15. The van der Waals surface area contributed by atoms with Crippen LogP contribution in [-0.4, -0.2) is 25.7 Å². The van der Waals surface area contributed by atoms with Gasteiger partial charge in [-0.05, 0) is 209 Å². The smallest absolute Gasteiger partial charge is 0.310 e. The van der Waals surface area contributed by atoms with Crippen molar-refractivity contribution in [2.75, 3.05) is 29.2 Å². The van der Waals surface area contributed by atoms with Gasteiger partial charge in [0.25, 0.3) is 0 Å². The normalized spacial score (nSPS) is 11.1. The molecule has 0 atom stereocenters. The van der Waals surface area contributed by atoms with Crippen LogP contribution in [0.25, 0.3) is 115 Å². The van der Waals surface area contributed by atoms with E-state index in [-0.39, 0.29) is 4.70 Å². The molecule has 0 amide bonds. The van der Waals surface area contributed by atoms with E-state index in [9.17, 15) is 9.36 Å². The molecule has 540 valence electrons. The molecular formula is C102H86FN2O4P. The molecule has 8 heteroatoms. The Morgan fingerprint density at radius 2 is 0.564 bits per heavy atom. The summed E-state index contributed by atoms with van der Waals surface area (Å²) in [5.41, 5.74) is 13.7. The third-order valence-electron chi connectivity index (χ3n) is 19.6. The number of fused-ring (bicyclic) bond motifs is 14. The van der Waals surface area contributed by atoms with E-state index in [4.69, 9.17) is 9.05 Å². The molecule has 0 saturated heterocycles. The minimum Gasteiger partial charge on any atom is -0.310 e.